The standard InChI is InChI=1S/C20H33N5O/c1-2-11-21-18-13-19(23-15-22-18)25-12-5-6-16(14-25)9-10-20(26)24-17-7-3-4-8-17/h13,15-17H,2-12,14H2,1H3,(H,24,26)(H,21,22,23). The van der Waals surface area contributed by atoms with Crippen LogP contribution in [0.5, 0.6) is 0 Å². The Morgan fingerprint density at radius 3 is 2.88 bits per heavy atom. The van der Waals surface area contributed by atoms with Crippen LogP contribution in [0.15, 0.2) is 12.4 Å². The van der Waals surface area contributed by atoms with Crippen LogP contribution in [0.4, 0.5) is 11.6 Å². The maximum Gasteiger partial charge on any atom is 0.220 e. The average molecular weight is 360 g/mol. The summed E-state index contributed by atoms with van der Waals surface area (Å²) in [6.45, 7) is 5.10. The number of piperidine rings is 1. The third-order valence-corrected chi connectivity index (χ3v) is 5.55. The average Bonchev–Trinajstić information content (AvgIpc) is 3.18. The SMILES string of the molecule is CCCNc1cc(N2CCCC(CCC(=O)NC3CCCC3)C2)ncn1. The fourth-order valence-corrected chi connectivity index (χ4v) is 4.08. The highest BCUT2D eigenvalue weighted by Crippen LogP contribution is 2.25. The van der Waals surface area contributed by atoms with Crippen molar-refractivity contribution < 1.29 is 4.79 Å². The molecule has 0 bridgehead atoms. The predicted molar refractivity (Wildman–Crippen MR) is 105 cm³/mol. The summed E-state index contributed by atoms with van der Waals surface area (Å²) in [5.74, 6) is 2.70. The van der Waals surface area contributed by atoms with Crippen LogP contribution < -0.4 is 15.5 Å². The van der Waals surface area contributed by atoms with E-state index >= 15 is 0 Å². The summed E-state index contributed by atoms with van der Waals surface area (Å²) in [5.41, 5.74) is 0. The van der Waals surface area contributed by atoms with Crippen LogP contribution >= 0.6 is 0 Å². The van der Waals surface area contributed by atoms with E-state index in [0.29, 0.717) is 18.4 Å². The van der Waals surface area contributed by atoms with Crippen molar-refractivity contribution in [2.45, 2.75) is 70.8 Å². The number of aromatic nitrogens is 2. The minimum absolute atomic E-state index is 0.238. The van der Waals surface area contributed by atoms with Gasteiger partial charge in [0, 0.05) is 38.2 Å². The first-order chi connectivity index (χ1) is 12.7. The number of carbonyl (C=O) groups excluding carboxylic acids is 1. The van der Waals surface area contributed by atoms with Gasteiger partial charge in [-0.05, 0) is 44.4 Å². The van der Waals surface area contributed by atoms with Gasteiger partial charge in [0.2, 0.25) is 5.91 Å². The van der Waals surface area contributed by atoms with E-state index < -0.39 is 0 Å². The molecule has 2 aliphatic rings. The van der Waals surface area contributed by atoms with Gasteiger partial charge >= 0.3 is 0 Å². The first-order valence-electron chi connectivity index (χ1n) is 10.3. The Hall–Kier alpha value is -1.85. The minimum atomic E-state index is 0.238. The highest BCUT2D eigenvalue weighted by molar-refractivity contribution is 5.76. The number of hydrogen-bond donors (Lipinski definition) is 2. The molecule has 1 aliphatic heterocycles. The molecule has 1 atom stereocenters. The topological polar surface area (TPSA) is 70.2 Å². The largest absolute Gasteiger partial charge is 0.370 e. The molecule has 0 spiro atoms. The highest BCUT2D eigenvalue weighted by Gasteiger charge is 2.23. The van der Waals surface area contributed by atoms with Crippen molar-refractivity contribution in [3.63, 3.8) is 0 Å². The maximum atomic E-state index is 12.2. The van der Waals surface area contributed by atoms with Crippen molar-refractivity contribution in [3.05, 3.63) is 12.4 Å². The predicted octanol–water partition coefficient (Wildman–Crippen LogP) is 3.35. The van der Waals surface area contributed by atoms with E-state index in [1.807, 2.05) is 6.07 Å². The van der Waals surface area contributed by atoms with E-state index in [-0.39, 0.29) is 5.91 Å². The number of anilines is 2. The summed E-state index contributed by atoms with van der Waals surface area (Å²) >= 11 is 0. The Labute approximate surface area is 157 Å². The van der Waals surface area contributed by atoms with Crippen LogP contribution in [0.3, 0.4) is 0 Å². The van der Waals surface area contributed by atoms with E-state index in [1.54, 1.807) is 6.33 Å². The molecule has 1 amide bonds. The van der Waals surface area contributed by atoms with Gasteiger partial charge in [-0.3, -0.25) is 4.79 Å². The molecular formula is C20H33N5O. The van der Waals surface area contributed by atoms with Gasteiger partial charge < -0.3 is 15.5 Å². The Morgan fingerprint density at radius 2 is 2.08 bits per heavy atom. The molecule has 3 rings (SSSR count). The van der Waals surface area contributed by atoms with Crippen molar-refractivity contribution in [3.8, 4) is 0 Å². The molecule has 1 aromatic heterocycles. The van der Waals surface area contributed by atoms with Crippen LogP contribution in [0, 0.1) is 5.92 Å². The van der Waals surface area contributed by atoms with Gasteiger partial charge in [0.15, 0.2) is 0 Å². The Morgan fingerprint density at radius 1 is 1.23 bits per heavy atom. The lowest BCUT2D eigenvalue weighted by Gasteiger charge is -2.33. The smallest absolute Gasteiger partial charge is 0.220 e. The van der Waals surface area contributed by atoms with E-state index in [9.17, 15) is 4.79 Å². The van der Waals surface area contributed by atoms with Crippen LogP contribution in [0.1, 0.15) is 64.7 Å². The molecule has 0 radical (unpaired) electrons. The molecule has 6 heteroatoms. The fourth-order valence-electron chi connectivity index (χ4n) is 4.08. The molecule has 0 aromatic carbocycles. The van der Waals surface area contributed by atoms with Crippen molar-refractivity contribution in [1.82, 2.24) is 15.3 Å². The molecule has 144 valence electrons. The quantitative estimate of drug-likeness (QED) is 0.745. The van der Waals surface area contributed by atoms with Crippen LogP contribution in [-0.4, -0.2) is 41.6 Å². The summed E-state index contributed by atoms with van der Waals surface area (Å²) in [7, 11) is 0. The van der Waals surface area contributed by atoms with Gasteiger partial charge in [0.1, 0.15) is 18.0 Å². The zero-order chi connectivity index (χ0) is 18.2. The molecule has 1 unspecified atom stereocenters. The molecular weight excluding hydrogens is 326 g/mol. The number of rotatable bonds is 8. The van der Waals surface area contributed by atoms with Crippen molar-refractivity contribution in [2.75, 3.05) is 29.9 Å². The number of nitrogens with zero attached hydrogens (tertiary/aromatic N) is 3. The van der Waals surface area contributed by atoms with Crippen molar-refractivity contribution in [1.29, 1.82) is 0 Å². The number of hydrogen-bond acceptors (Lipinski definition) is 5. The third kappa shape index (κ3) is 5.58. The normalized spacial score (nSPS) is 21.0. The number of carbonyl (C=O) groups is 1. The molecule has 1 aliphatic carbocycles. The summed E-state index contributed by atoms with van der Waals surface area (Å²) in [6, 6.07) is 2.48. The molecule has 26 heavy (non-hydrogen) atoms. The van der Waals surface area contributed by atoms with E-state index in [4.69, 9.17) is 0 Å². The van der Waals surface area contributed by atoms with Crippen molar-refractivity contribution in [2.24, 2.45) is 5.92 Å². The lowest BCUT2D eigenvalue weighted by atomic mass is 9.93. The van der Waals surface area contributed by atoms with Gasteiger partial charge in [0.05, 0.1) is 0 Å². The zero-order valence-corrected chi connectivity index (χ0v) is 16.0. The Balaban J connectivity index is 1.47. The van der Waals surface area contributed by atoms with Gasteiger partial charge in [-0.2, -0.15) is 0 Å². The van der Waals surface area contributed by atoms with Crippen LogP contribution in [0.25, 0.3) is 0 Å². The Kier molecular flexibility index (Phi) is 7.09. The number of nitrogens with one attached hydrogen (secondary N) is 2. The van der Waals surface area contributed by atoms with Crippen LogP contribution in [0.2, 0.25) is 0 Å². The third-order valence-electron chi connectivity index (χ3n) is 5.55. The minimum Gasteiger partial charge on any atom is -0.370 e. The summed E-state index contributed by atoms with van der Waals surface area (Å²) < 4.78 is 0. The second-order valence-electron chi connectivity index (χ2n) is 7.73. The fraction of sp³-hybridized carbons (Fsp3) is 0.750. The molecule has 6 nitrogen and oxygen atoms in total. The van der Waals surface area contributed by atoms with E-state index in [2.05, 4.69) is 32.4 Å². The van der Waals surface area contributed by atoms with Gasteiger partial charge in [-0.1, -0.05) is 19.8 Å². The number of amides is 1. The molecule has 1 saturated heterocycles. The summed E-state index contributed by atoms with van der Waals surface area (Å²) in [6.07, 6.45) is 11.6. The van der Waals surface area contributed by atoms with E-state index in [1.165, 1.54) is 19.3 Å². The summed E-state index contributed by atoms with van der Waals surface area (Å²) in [5, 5.41) is 6.54. The summed E-state index contributed by atoms with van der Waals surface area (Å²) in [4.78, 5) is 23.3. The van der Waals surface area contributed by atoms with Gasteiger partial charge in [-0.25, -0.2) is 9.97 Å². The first-order valence-corrected chi connectivity index (χ1v) is 10.3. The monoisotopic (exact) mass is 359 g/mol. The second kappa shape index (κ2) is 9.74. The van der Waals surface area contributed by atoms with Gasteiger partial charge in [0.25, 0.3) is 0 Å². The highest BCUT2D eigenvalue weighted by atomic mass is 16.1. The molecule has 1 saturated carbocycles. The molecule has 2 N–H and O–H groups in total. The lowest BCUT2D eigenvalue weighted by molar-refractivity contribution is -0.122. The van der Waals surface area contributed by atoms with Crippen LogP contribution in [-0.2, 0) is 4.79 Å². The maximum absolute atomic E-state index is 12.2. The van der Waals surface area contributed by atoms with E-state index in [0.717, 1.165) is 63.4 Å². The van der Waals surface area contributed by atoms with Gasteiger partial charge in [-0.15, -0.1) is 0 Å². The molecule has 1 aromatic rings. The molecule has 2 heterocycles. The molecule has 2 fully saturated rings. The second-order valence-corrected chi connectivity index (χ2v) is 7.73. The lowest BCUT2D eigenvalue weighted by Crippen LogP contribution is -2.37. The zero-order valence-electron chi connectivity index (χ0n) is 16.0. The first kappa shape index (κ1) is 18.9. The Bertz CT molecular complexity index is 573. The van der Waals surface area contributed by atoms with Crippen molar-refractivity contribution >= 4 is 17.5 Å².